The number of hydrogen-bond donors (Lipinski definition) is 0. The van der Waals surface area contributed by atoms with Crippen LogP contribution >= 0.6 is 0 Å². The van der Waals surface area contributed by atoms with Crippen molar-refractivity contribution in [3.8, 4) is 33.4 Å². The highest BCUT2D eigenvalue weighted by Crippen LogP contribution is 2.46. The SMILES string of the molecule is c1ccc(-c2cc3ccccc3cc2-c2c3ccccc3c(-c3ccc4ccccc4c3)c3ncccc23)cc1. The summed E-state index contributed by atoms with van der Waals surface area (Å²) in [5, 5.41) is 8.56. The van der Waals surface area contributed by atoms with E-state index in [9.17, 15) is 0 Å². The second-order valence-electron chi connectivity index (χ2n) is 10.4. The molecular weight excluding hydrogens is 482 g/mol. The minimum Gasteiger partial charge on any atom is -0.256 e. The molecule has 1 heteroatoms. The summed E-state index contributed by atoms with van der Waals surface area (Å²) >= 11 is 0. The van der Waals surface area contributed by atoms with Crippen LogP contribution in [0.15, 0.2) is 152 Å². The van der Waals surface area contributed by atoms with E-state index in [4.69, 9.17) is 4.98 Å². The molecule has 0 saturated heterocycles. The number of hydrogen-bond acceptors (Lipinski definition) is 1. The summed E-state index contributed by atoms with van der Waals surface area (Å²) in [7, 11) is 0. The van der Waals surface area contributed by atoms with Crippen LogP contribution in [0.1, 0.15) is 0 Å². The highest BCUT2D eigenvalue weighted by molar-refractivity contribution is 6.22. The molecule has 0 bridgehead atoms. The van der Waals surface area contributed by atoms with Gasteiger partial charge in [-0.2, -0.15) is 0 Å². The Morgan fingerprint density at radius 3 is 1.68 bits per heavy atom. The molecule has 7 aromatic carbocycles. The van der Waals surface area contributed by atoms with Crippen LogP contribution in [0, 0.1) is 0 Å². The molecule has 0 aliphatic carbocycles. The standard InChI is InChI=1S/C39H25N/c1-2-12-27(13-3-1)35-24-29-15-6-7-16-30(29)25-36(35)38-33-18-9-8-17-32(33)37(39-34(38)19-10-22-40-39)31-21-20-26-11-4-5-14-28(26)23-31/h1-25H. The van der Waals surface area contributed by atoms with Crippen molar-refractivity contribution in [3.05, 3.63) is 152 Å². The van der Waals surface area contributed by atoms with E-state index in [-0.39, 0.29) is 0 Å². The van der Waals surface area contributed by atoms with Crippen molar-refractivity contribution in [2.24, 2.45) is 0 Å². The topological polar surface area (TPSA) is 12.9 Å². The molecular formula is C39H25N. The minimum atomic E-state index is 1.03. The first-order valence-corrected chi connectivity index (χ1v) is 13.7. The average molecular weight is 508 g/mol. The van der Waals surface area contributed by atoms with E-state index in [2.05, 4.69) is 146 Å². The van der Waals surface area contributed by atoms with Gasteiger partial charge in [-0.25, -0.2) is 0 Å². The molecule has 0 N–H and O–H groups in total. The maximum Gasteiger partial charge on any atom is 0.0792 e. The fourth-order valence-corrected chi connectivity index (χ4v) is 6.23. The van der Waals surface area contributed by atoms with Gasteiger partial charge in [0.05, 0.1) is 5.52 Å². The lowest BCUT2D eigenvalue weighted by atomic mass is 9.84. The predicted octanol–water partition coefficient (Wildman–Crippen LogP) is 10.7. The summed E-state index contributed by atoms with van der Waals surface area (Å²) in [4.78, 5) is 5.04. The van der Waals surface area contributed by atoms with Crippen LogP contribution in [0.25, 0.3) is 76.6 Å². The lowest BCUT2D eigenvalue weighted by Crippen LogP contribution is -1.94. The summed E-state index contributed by atoms with van der Waals surface area (Å²) in [6.45, 7) is 0. The van der Waals surface area contributed by atoms with Crippen LogP contribution in [0.5, 0.6) is 0 Å². The molecule has 1 aromatic heterocycles. The average Bonchev–Trinajstić information content (AvgIpc) is 3.03. The molecule has 0 saturated carbocycles. The number of fused-ring (bicyclic) bond motifs is 4. The van der Waals surface area contributed by atoms with Crippen LogP contribution in [0.2, 0.25) is 0 Å². The van der Waals surface area contributed by atoms with Gasteiger partial charge in [0.1, 0.15) is 0 Å². The van der Waals surface area contributed by atoms with E-state index in [0.29, 0.717) is 0 Å². The lowest BCUT2D eigenvalue weighted by Gasteiger charge is -2.20. The van der Waals surface area contributed by atoms with Gasteiger partial charge >= 0.3 is 0 Å². The summed E-state index contributed by atoms with van der Waals surface area (Å²) in [6, 6.07) is 52.5. The Hall–Kier alpha value is -5.27. The van der Waals surface area contributed by atoms with Gasteiger partial charge in [-0.1, -0.05) is 121 Å². The van der Waals surface area contributed by atoms with Crippen LogP contribution in [0.3, 0.4) is 0 Å². The van der Waals surface area contributed by atoms with Gasteiger partial charge in [-0.05, 0) is 84.4 Å². The van der Waals surface area contributed by atoms with Crippen molar-refractivity contribution in [2.45, 2.75) is 0 Å². The molecule has 8 aromatic rings. The van der Waals surface area contributed by atoms with Gasteiger partial charge < -0.3 is 0 Å². The van der Waals surface area contributed by atoms with E-state index in [1.807, 2.05) is 6.20 Å². The Kier molecular flexibility index (Phi) is 5.21. The fourth-order valence-electron chi connectivity index (χ4n) is 6.23. The largest absolute Gasteiger partial charge is 0.256 e. The molecule has 0 unspecified atom stereocenters. The van der Waals surface area contributed by atoms with Crippen molar-refractivity contribution in [1.29, 1.82) is 0 Å². The normalized spacial score (nSPS) is 11.5. The maximum atomic E-state index is 5.04. The van der Waals surface area contributed by atoms with Crippen molar-refractivity contribution in [2.75, 3.05) is 0 Å². The van der Waals surface area contributed by atoms with E-state index in [0.717, 1.165) is 10.9 Å². The Morgan fingerprint density at radius 1 is 0.350 bits per heavy atom. The van der Waals surface area contributed by atoms with Crippen molar-refractivity contribution < 1.29 is 0 Å². The molecule has 0 radical (unpaired) electrons. The van der Waals surface area contributed by atoms with Gasteiger partial charge in [0.25, 0.3) is 0 Å². The number of rotatable bonds is 3. The van der Waals surface area contributed by atoms with Crippen LogP contribution in [-0.4, -0.2) is 4.98 Å². The maximum absolute atomic E-state index is 5.04. The van der Waals surface area contributed by atoms with Crippen LogP contribution < -0.4 is 0 Å². The molecule has 0 spiro atoms. The molecule has 0 aliphatic rings. The number of aromatic nitrogens is 1. The van der Waals surface area contributed by atoms with Gasteiger partial charge in [0.2, 0.25) is 0 Å². The summed E-state index contributed by atoms with van der Waals surface area (Å²) < 4.78 is 0. The molecule has 40 heavy (non-hydrogen) atoms. The molecule has 0 amide bonds. The quantitative estimate of drug-likeness (QED) is 0.217. The first-order chi connectivity index (χ1) is 19.8. The van der Waals surface area contributed by atoms with E-state index in [1.54, 1.807) is 0 Å². The van der Waals surface area contributed by atoms with Gasteiger partial charge in [-0.3, -0.25) is 4.98 Å². The van der Waals surface area contributed by atoms with E-state index in [1.165, 1.54) is 65.7 Å². The first kappa shape index (κ1) is 22.7. The monoisotopic (exact) mass is 507 g/mol. The summed E-state index contributed by atoms with van der Waals surface area (Å²) in [5.74, 6) is 0. The van der Waals surface area contributed by atoms with Crippen molar-refractivity contribution in [3.63, 3.8) is 0 Å². The van der Waals surface area contributed by atoms with Crippen LogP contribution in [-0.2, 0) is 0 Å². The molecule has 1 heterocycles. The highest BCUT2D eigenvalue weighted by atomic mass is 14.7. The summed E-state index contributed by atoms with van der Waals surface area (Å²) in [5.41, 5.74) is 8.29. The second-order valence-corrected chi connectivity index (χ2v) is 10.4. The zero-order valence-electron chi connectivity index (χ0n) is 21.9. The lowest BCUT2D eigenvalue weighted by molar-refractivity contribution is 1.42. The van der Waals surface area contributed by atoms with E-state index < -0.39 is 0 Å². The number of nitrogens with zero attached hydrogens (tertiary/aromatic N) is 1. The molecule has 186 valence electrons. The molecule has 1 nitrogen and oxygen atoms in total. The molecule has 0 fully saturated rings. The highest BCUT2D eigenvalue weighted by Gasteiger charge is 2.20. The van der Waals surface area contributed by atoms with Crippen LogP contribution in [0.4, 0.5) is 0 Å². The second kappa shape index (κ2) is 9.18. The zero-order chi connectivity index (χ0) is 26.5. The van der Waals surface area contributed by atoms with Crippen molar-refractivity contribution in [1.82, 2.24) is 4.98 Å². The third-order valence-electron chi connectivity index (χ3n) is 8.06. The Balaban J connectivity index is 1.53. The van der Waals surface area contributed by atoms with Crippen molar-refractivity contribution >= 4 is 43.2 Å². The fraction of sp³-hybridized carbons (Fsp3) is 0. The van der Waals surface area contributed by atoms with Gasteiger partial charge in [-0.15, -0.1) is 0 Å². The third-order valence-corrected chi connectivity index (χ3v) is 8.06. The molecule has 0 atom stereocenters. The third kappa shape index (κ3) is 3.60. The minimum absolute atomic E-state index is 1.03. The Bertz CT molecular complexity index is 2150. The zero-order valence-corrected chi connectivity index (χ0v) is 21.9. The molecule has 0 aliphatic heterocycles. The predicted molar refractivity (Wildman–Crippen MR) is 171 cm³/mol. The number of pyridine rings is 1. The smallest absolute Gasteiger partial charge is 0.0792 e. The summed E-state index contributed by atoms with van der Waals surface area (Å²) in [6.07, 6.45) is 1.92. The first-order valence-electron chi connectivity index (χ1n) is 13.7. The molecule has 8 rings (SSSR count). The van der Waals surface area contributed by atoms with Gasteiger partial charge in [0, 0.05) is 17.1 Å². The van der Waals surface area contributed by atoms with Gasteiger partial charge in [0.15, 0.2) is 0 Å². The number of benzene rings is 7. The van der Waals surface area contributed by atoms with E-state index >= 15 is 0 Å². The Labute approximate surface area is 233 Å². The Morgan fingerprint density at radius 2 is 0.925 bits per heavy atom.